The summed E-state index contributed by atoms with van der Waals surface area (Å²) in [6.45, 7) is 7.83. The third-order valence-electron chi connectivity index (χ3n) is 5.87. The predicted octanol–water partition coefficient (Wildman–Crippen LogP) is 0.707. The van der Waals surface area contributed by atoms with E-state index in [4.69, 9.17) is 0 Å². The molecule has 24 heavy (non-hydrogen) atoms. The van der Waals surface area contributed by atoms with E-state index >= 15 is 0 Å². The van der Waals surface area contributed by atoms with Gasteiger partial charge in [-0.15, -0.1) is 12.4 Å². The lowest BCUT2D eigenvalue weighted by molar-refractivity contribution is -0.141. The molecule has 3 aliphatic rings. The minimum Gasteiger partial charge on any atom is -0.339 e. The summed E-state index contributed by atoms with van der Waals surface area (Å²) in [5.41, 5.74) is 0.202. The van der Waals surface area contributed by atoms with Crippen LogP contribution in [0.2, 0.25) is 0 Å². The van der Waals surface area contributed by atoms with E-state index in [0.29, 0.717) is 32.7 Å². The monoisotopic (exact) mass is 358 g/mol. The summed E-state index contributed by atoms with van der Waals surface area (Å²) in [7, 11) is 0. The van der Waals surface area contributed by atoms with Gasteiger partial charge in [-0.3, -0.25) is 14.5 Å². The Hall–Kier alpha value is -0.850. The molecule has 2 saturated heterocycles. The maximum Gasteiger partial charge on any atom is 0.236 e. The highest BCUT2D eigenvalue weighted by Gasteiger charge is 2.40. The standard InChI is InChI=1S/C17H30N4O2.ClH/c1-15(22)19-9-11-20(12-10-19)16(23)13-21-8-7-18-14-17(21)5-3-2-4-6-17;/h18H,2-14H2,1H3;1H. The Bertz CT molecular complexity index is 438. The maximum atomic E-state index is 12.7. The molecule has 0 radical (unpaired) electrons. The first-order valence-electron chi connectivity index (χ1n) is 9.10. The summed E-state index contributed by atoms with van der Waals surface area (Å²) in [5.74, 6) is 0.348. The Morgan fingerprint density at radius 2 is 1.58 bits per heavy atom. The number of hydrogen-bond donors (Lipinski definition) is 1. The molecule has 0 unspecified atom stereocenters. The van der Waals surface area contributed by atoms with Crippen molar-refractivity contribution in [3.05, 3.63) is 0 Å². The van der Waals surface area contributed by atoms with Crippen LogP contribution in [0.4, 0.5) is 0 Å². The van der Waals surface area contributed by atoms with Gasteiger partial charge >= 0.3 is 0 Å². The molecule has 1 spiro atoms. The van der Waals surface area contributed by atoms with Crippen molar-refractivity contribution >= 4 is 24.2 Å². The summed E-state index contributed by atoms with van der Waals surface area (Å²) in [4.78, 5) is 30.4. The third-order valence-corrected chi connectivity index (χ3v) is 5.87. The smallest absolute Gasteiger partial charge is 0.236 e. The van der Waals surface area contributed by atoms with E-state index < -0.39 is 0 Å². The molecule has 0 aromatic carbocycles. The first-order valence-corrected chi connectivity index (χ1v) is 9.10. The molecule has 6 nitrogen and oxygen atoms in total. The van der Waals surface area contributed by atoms with E-state index in [1.165, 1.54) is 32.1 Å². The zero-order chi connectivity index (χ0) is 16.3. The number of hydrogen-bond acceptors (Lipinski definition) is 4. The zero-order valence-electron chi connectivity index (χ0n) is 14.8. The summed E-state index contributed by atoms with van der Waals surface area (Å²) < 4.78 is 0. The lowest BCUT2D eigenvalue weighted by Gasteiger charge is -2.50. The van der Waals surface area contributed by atoms with Gasteiger partial charge in [0.1, 0.15) is 0 Å². The van der Waals surface area contributed by atoms with Crippen LogP contribution in [0.5, 0.6) is 0 Å². The average Bonchev–Trinajstić information content (AvgIpc) is 2.58. The fourth-order valence-electron chi connectivity index (χ4n) is 4.37. The number of carbonyl (C=O) groups excluding carboxylic acids is 2. The summed E-state index contributed by atoms with van der Waals surface area (Å²) in [5, 5.41) is 3.54. The zero-order valence-corrected chi connectivity index (χ0v) is 15.6. The van der Waals surface area contributed by atoms with E-state index in [1.54, 1.807) is 6.92 Å². The molecule has 0 aromatic heterocycles. The Morgan fingerprint density at radius 1 is 0.958 bits per heavy atom. The number of halogens is 1. The highest BCUT2D eigenvalue weighted by Crippen LogP contribution is 2.34. The van der Waals surface area contributed by atoms with Gasteiger partial charge < -0.3 is 15.1 Å². The van der Waals surface area contributed by atoms with Crippen LogP contribution in [-0.2, 0) is 9.59 Å². The van der Waals surface area contributed by atoms with Crippen molar-refractivity contribution in [1.82, 2.24) is 20.0 Å². The molecule has 7 heteroatoms. The predicted molar refractivity (Wildman–Crippen MR) is 96.3 cm³/mol. The minimum absolute atomic E-state index is 0. The van der Waals surface area contributed by atoms with Crippen LogP contribution in [0.15, 0.2) is 0 Å². The molecule has 0 aromatic rings. The van der Waals surface area contributed by atoms with Gasteiger partial charge in [-0.2, -0.15) is 0 Å². The van der Waals surface area contributed by atoms with E-state index in [-0.39, 0.29) is 29.8 Å². The molecule has 2 amide bonds. The largest absolute Gasteiger partial charge is 0.339 e. The van der Waals surface area contributed by atoms with Gasteiger partial charge in [0.25, 0.3) is 0 Å². The molecule has 0 bridgehead atoms. The fourth-order valence-corrected chi connectivity index (χ4v) is 4.37. The lowest BCUT2D eigenvalue weighted by atomic mass is 9.79. The number of piperazine rings is 2. The normalized spacial score (nSPS) is 24.5. The van der Waals surface area contributed by atoms with Crippen LogP contribution in [0, 0.1) is 0 Å². The molecule has 1 N–H and O–H groups in total. The van der Waals surface area contributed by atoms with Crippen molar-refractivity contribution in [3.8, 4) is 0 Å². The summed E-state index contributed by atoms with van der Waals surface area (Å²) in [6, 6.07) is 0. The van der Waals surface area contributed by atoms with Crippen LogP contribution in [-0.4, -0.2) is 84.4 Å². The molecule has 138 valence electrons. The van der Waals surface area contributed by atoms with E-state index in [1.807, 2.05) is 9.80 Å². The van der Waals surface area contributed by atoms with E-state index in [0.717, 1.165) is 19.6 Å². The minimum atomic E-state index is 0. The molecule has 2 aliphatic heterocycles. The Balaban J connectivity index is 0.00000208. The van der Waals surface area contributed by atoms with E-state index in [2.05, 4.69) is 10.2 Å². The first kappa shape index (κ1) is 19.5. The molecular weight excluding hydrogens is 328 g/mol. The lowest BCUT2D eigenvalue weighted by Crippen LogP contribution is -2.64. The van der Waals surface area contributed by atoms with Crippen molar-refractivity contribution in [2.45, 2.75) is 44.6 Å². The van der Waals surface area contributed by atoms with Crippen molar-refractivity contribution in [2.24, 2.45) is 0 Å². The van der Waals surface area contributed by atoms with Crippen molar-refractivity contribution in [3.63, 3.8) is 0 Å². The van der Waals surface area contributed by atoms with Crippen LogP contribution in [0.1, 0.15) is 39.0 Å². The fraction of sp³-hybridized carbons (Fsp3) is 0.882. The van der Waals surface area contributed by atoms with Crippen LogP contribution in [0.3, 0.4) is 0 Å². The van der Waals surface area contributed by atoms with Gasteiger partial charge in [-0.1, -0.05) is 19.3 Å². The molecule has 2 heterocycles. The number of rotatable bonds is 2. The van der Waals surface area contributed by atoms with Gasteiger partial charge in [0, 0.05) is 58.3 Å². The van der Waals surface area contributed by atoms with Gasteiger partial charge in [-0.05, 0) is 12.8 Å². The molecule has 0 atom stereocenters. The van der Waals surface area contributed by atoms with Gasteiger partial charge in [0.05, 0.1) is 6.54 Å². The topological polar surface area (TPSA) is 55.9 Å². The van der Waals surface area contributed by atoms with Gasteiger partial charge in [0.2, 0.25) is 11.8 Å². The van der Waals surface area contributed by atoms with Crippen molar-refractivity contribution in [1.29, 1.82) is 0 Å². The number of nitrogens with one attached hydrogen (secondary N) is 1. The second-order valence-electron chi connectivity index (χ2n) is 7.27. The molecule has 1 aliphatic carbocycles. The number of carbonyl (C=O) groups is 2. The molecule has 3 fully saturated rings. The van der Waals surface area contributed by atoms with Gasteiger partial charge in [-0.25, -0.2) is 0 Å². The van der Waals surface area contributed by atoms with Crippen LogP contribution in [0.25, 0.3) is 0 Å². The van der Waals surface area contributed by atoms with Crippen LogP contribution < -0.4 is 5.32 Å². The summed E-state index contributed by atoms with van der Waals surface area (Å²) >= 11 is 0. The third kappa shape index (κ3) is 4.21. The Kier molecular flexibility index (Phi) is 6.89. The first-order chi connectivity index (χ1) is 11.1. The molecule has 3 rings (SSSR count). The quantitative estimate of drug-likeness (QED) is 0.789. The molecular formula is C17H31ClN4O2. The Labute approximate surface area is 151 Å². The van der Waals surface area contributed by atoms with Crippen LogP contribution >= 0.6 is 12.4 Å². The highest BCUT2D eigenvalue weighted by atomic mass is 35.5. The van der Waals surface area contributed by atoms with E-state index in [9.17, 15) is 9.59 Å². The van der Waals surface area contributed by atoms with Gasteiger partial charge in [0.15, 0.2) is 0 Å². The van der Waals surface area contributed by atoms with Crippen molar-refractivity contribution in [2.75, 3.05) is 52.4 Å². The Morgan fingerprint density at radius 3 is 2.21 bits per heavy atom. The average molecular weight is 359 g/mol. The molecule has 1 saturated carbocycles. The van der Waals surface area contributed by atoms with Crippen molar-refractivity contribution < 1.29 is 9.59 Å². The maximum absolute atomic E-state index is 12.7. The number of nitrogens with zero attached hydrogens (tertiary/aromatic N) is 3. The second kappa shape index (κ2) is 8.50. The highest BCUT2D eigenvalue weighted by molar-refractivity contribution is 5.85. The second-order valence-corrected chi connectivity index (χ2v) is 7.27. The SMILES string of the molecule is CC(=O)N1CCN(C(=O)CN2CCNCC23CCCCC3)CC1.Cl. The summed E-state index contributed by atoms with van der Waals surface area (Å²) in [6.07, 6.45) is 6.32. The number of amides is 2.